The van der Waals surface area contributed by atoms with Crippen molar-refractivity contribution in [2.24, 2.45) is 17.8 Å². The smallest absolute Gasteiger partial charge is 0.272 e. The van der Waals surface area contributed by atoms with Crippen molar-refractivity contribution in [3.05, 3.63) is 39.7 Å². The first-order chi connectivity index (χ1) is 9.31. The second-order valence-corrected chi connectivity index (χ2v) is 5.86. The quantitative estimate of drug-likeness (QED) is 0.612. The average Bonchev–Trinajstić information content (AvgIpc) is 2.32. The largest absolute Gasteiger partial charge is 0.312 e. The summed E-state index contributed by atoms with van der Waals surface area (Å²) in [5, 5.41) is 14.0. The zero-order valence-corrected chi connectivity index (χ0v) is 12.5. The van der Waals surface area contributed by atoms with Crippen LogP contribution in [0.2, 0.25) is 0 Å². The van der Waals surface area contributed by atoms with E-state index in [0.29, 0.717) is 29.9 Å². The lowest BCUT2D eigenvalue weighted by Crippen LogP contribution is -2.29. The Morgan fingerprint density at radius 3 is 2.30 bits per heavy atom. The Hall–Kier alpha value is -1.49. The van der Waals surface area contributed by atoms with E-state index in [-0.39, 0.29) is 5.69 Å². The van der Waals surface area contributed by atoms with Gasteiger partial charge in [-0.1, -0.05) is 27.7 Å². The first-order valence-corrected chi connectivity index (χ1v) is 6.95. The highest BCUT2D eigenvalue weighted by Gasteiger charge is 2.17. The highest BCUT2D eigenvalue weighted by molar-refractivity contribution is 5.35. The number of benzene rings is 1. The molecular weight excluding hydrogens is 259 g/mol. The first-order valence-electron chi connectivity index (χ1n) is 6.95. The molecular formula is C15H23FN2O2. The number of nitrogens with zero attached hydrogens (tertiary/aromatic N) is 1. The van der Waals surface area contributed by atoms with Crippen LogP contribution in [0.25, 0.3) is 0 Å². The molecule has 20 heavy (non-hydrogen) atoms. The van der Waals surface area contributed by atoms with Crippen LogP contribution in [0.1, 0.15) is 33.3 Å². The molecule has 1 aromatic rings. The van der Waals surface area contributed by atoms with E-state index in [1.807, 2.05) is 0 Å². The SMILES string of the molecule is CC(C)C(CNCc1cc(F)cc([N+](=O)[O-])c1)C(C)C. The molecule has 0 saturated carbocycles. The molecule has 0 heterocycles. The topological polar surface area (TPSA) is 55.2 Å². The van der Waals surface area contributed by atoms with Crippen molar-refractivity contribution in [1.82, 2.24) is 5.32 Å². The van der Waals surface area contributed by atoms with Gasteiger partial charge in [0.1, 0.15) is 5.82 Å². The van der Waals surface area contributed by atoms with Crippen LogP contribution in [-0.2, 0) is 6.54 Å². The standard InChI is InChI=1S/C15H23FN2O2/c1-10(2)15(11(3)4)9-17-8-12-5-13(16)7-14(6-12)18(19)20/h5-7,10-11,15,17H,8-9H2,1-4H3. The number of non-ortho nitro benzene ring substituents is 1. The van der Waals surface area contributed by atoms with E-state index in [4.69, 9.17) is 0 Å². The maximum atomic E-state index is 13.3. The second kappa shape index (κ2) is 7.33. The average molecular weight is 282 g/mol. The molecule has 0 bridgehead atoms. The molecule has 1 N–H and O–H groups in total. The van der Waals surface area contributed by atoms with Gasteiger partial charge in [0.05, 0.1) is 11.0 Å². The molecule has 112 valence electrons. The zero-order chi connectivity index (χ0) is 15.3. The van der Waals surface area contributed by atoms with E-state index < -0.39 is 10.7 Å². The van der Waals surface area contributed by atoms with Crippen molar-refractivity contribution in [3.8, 4) is 0 Å². The van der Waals surface area contributed by atoms with Crippen molar-refractivity contribution in [2.45, 2.75) is 34.2 Å². The third kappa shape index (κ3) is 4.89. The maximum Gasteiger partial charge on any atom is 0.272 e. The van der Waals surface area contributed by atoms with Crippen LogP contribution in [0.5, 0.6) is 0 Å². The van der Waals surface area contributed by atoms with Crippen LogP contribution >= 0.6 is 0 Å². The van der Waals surface area contributed by atoms with Gasteiger partial charge >= 0.3 is 0 Å². The van der Waals surface area contributed by atoms with Crippen molar-refractivity contribution in [3.63, 3.8) is 0 Å². The highest BCUT2D eigenvalue weighted by Crippen LogP contribution is 2.20. The van der Waals surface area contributed by atoms with E-state index in [2.05, 4.69) is 33.0 Å². The summed E-state index contributed by atoms with van der Waals surface area (Å²) in [4.78, 5) is 10.1. The number of nitrogens with one attached hydrogen (secondary N) is 1. The van der Waals surface area contributed by atoms with Crippen LogP contribution in [0.3, 0.4) is 0 Å². The first kappa shape index (κ1) is 16.6. The highest BCUT2D eigenvalue weighted by atomic mass is 19.1. The van der Waals surface area contributed by atoms with Gasteiger partial charge in [0, 0.05) is 12.6 Å². The lowest BCUT2D eigenvalue weighted by molar-refractivity contribution is -0.385. The third-order valence-corrected chi connectivity index (χ3v) is 3.57. The summed E-state index contributed by atoms with van der Waals surface area (Å²) in [7, 11) is 0. The fourth-order valence-corrected chi connectivity index (χ4v) is 2.47. The Kier molecular flexibility index (Phi) is 6.07. The van der Waals surface area contributed by atoms with E-state index in [9.17, 15) is 14.5 Å². The molecule has 1 aromatic carbocycles. The Labute approximate surface area is 119 Å². The van der Waals surface area contributed by atoms with E-state index in [0.717, 1.165) is 12.6 Å². The molecule has 4 nitrogen and oxygen atoms in total. The molecule has 0 aliphatic rings. The fraction of sp³-hybridized carbons (Fsp3) is 0.600. The van der Waals surface area contributed by atoms with Gasteiger partial charge in [-0.3, -0.25) is 10.1 Å². The molecule has 0 saturated heterocycles. The molecule has 0 atom stereocenters. The van der Waals surface area contributed by atoms with Gasteiger partial charge in [-0.2, -0.15) is 0 Å². The van der Waals surface area contributed by atoms with E-state index >= 15 is 0 Å². The minimum Gasteiger partial charge on any atom is -0.312 e. The van der Waals surface area contributed by atoms with Crippen LogP contribution in [0, 0.1) is 33.7 Å². The Morgan fingerprint density at radius 1 is 1.20 bits per heavy atom. The van der Waals surface area contributed by atoms with Crippen LogP contribution < -0.4 is 5.32 Å². The summed E-state index contributed by atoms with van der Waals surface area (Å²) in [6, 6.07) is 3.68. The van der Waals surface area contributed by atoms with Crippen LogP contribution in [0.15, 0.2) is 18.2 Å². The molecule has 0 unspecified atom stereocenters. The minimum atomic E-state index is -0.572. The van der Waals surface area contributed by atoms with Crippen molar-refractivity contribution in [1.29, 1.82) is 0 Å². The van der Waals surface area contributed by atoms with Gasteiger partial charge in [-0.15, -0.1) is 0 Å². The van der Waals surface area contributed by atoms with Crippen molar-refractivity contribution >= 4 is 5.69 Å². The number of hydrogen-bond donors (Lipinski definition) is 1. The van der Waals surface area contributed by atoms with Gasteiger partial charge in [0.15, 0.2) is 0 Å². The Balaban J connectivity index is 2.64. The second-order valence-electron chi connectivity index (χ2n) is 5.86. The van der Waals surface area contributed by atoms with E-state index in [1.54, 1.807) is 0 Å². The zero-order valence-electron chi connectivity index (χ0n) is 12.5. The van der Waals surface area contributed by atoms with Gasteiger partial charge in [0.2, 0.25) is 0 Å². The molecule has 0 amide bonds. The van der Waals surface area contributed by atoms with E-state index in [1.165, 1.54) is 12.1 Å². The molecule has 0 spiro atoms. The summed E-state index contributed by atoms with van der Waals surface area (Å²) in [6.45, 7) is 9.98. The fourth-order valence-electron chi connectivity index (χ4n) is 2.47. The Bertz CT molecular complexity index is 453. The molecule has 1 rings (SSSR count). The van der Waals surface area contributed by atoms with Gasteiger partial charge < -0.3 is 5.32 Å². The van der Waals surface area contributed by atoms with Crippen molar-refractivity contribution in [2.75, 3.05) is 6.54 Å². The van der Waals surface area contributed by atoms with Crippen molar-refractivity contribution < 1.29 is 9.31 Å². The van der Waals surface area contributed by atoms with Gasteiger partial charge in [-0.25, -0.2) is 4.39 Å². The summed E-state index contributed by atoms with van der Waals surface area (Å²) in [5.41, 5.74) is 0.397. The predicted molar refractivity (Wildman–Crippen MR) is 77.9 cm³/mol. The molecule has 0 aliphatic carbocycles. The minimum absolute atomic E-state index is 0.203. The lowest BCUT2D eigenvalue weighted by atomic mass is 9.85. The summed E-state index contributed by atoms with van der Waals surface area (Å²) < 4.78 is 13.3. The van der Waals surface area contributed by atoms with Crippen LogP contribution in [0.4, 0.5) is 10.1 Å². The predicted octanol–water partition coefficient (Wildman–Crippen LogP) is 3.75. The normalized spacial score (nSPS) is 11.6. The number of rotatable bonds is 7. The molecule has 0 radical (unpaired) electrons. The number of halogens is 1. The molecule has 0 fully saturated rings. The molecule has 0 aliphatic heterocycles. The maximum absolute atomic E-state index is 13.3. The lowest BCUT2D eigenvalue weighted by Gasteiger charge is -2.25. The summed E-state index contributed by atoms with van der Waals surface area (Å²) in [5.74, 6) is 1.08. The molecule has 0 aromatic heterocycles. The Morgan fingerprint density at radius 2 is 1.80 bits per heavy atom. The number of hydrogen-bond acceptors (Lipinski definition) is 3. The van der Waals surface area contributed by atoms with Crippen LogP contribution in [-0.4, -0.2) is 11.5 Å². The monoisotopic (exact) mass is 282 g/mol. The summed E-state index contributed by atoms with van der Waals surface area (Å²) in [6.07, 6.45) is 0. The van der Waals surface area contributed by atoms with Gasteiger partial charge in [-0.05, 0) is 35.9 Å². The molecule has 5 heteroatoms. The van der Waals surface area contributed by atoms with Gasteiger partial charge in [0.25, 0.3) is 5.69 Å². The number of nitro benzene ring substituents is 1. The summed E-state index contributed by atoms with van der Waals surface area (Å²) >= 11 is 0. The number of nitro groups is 1. The third-order valence-electron chi connectivity index (χ3n) is 3.57.